The van der Waals surface area contributed by atoms with Gasteiger partial charge >= 0.3 is 5.97 Å². The number of imidazole rings is 1. The van der Waals surface area contributed by atoms with Crippen LogP contribution in [0.15, 0.2) is 30.5 Å². The van der Waals surface area contributed by atoms with Crippen molar-refractivity contribution in [3.05, 3.63) is 53.1 Å². The normalized spacial score (nSPS) is 11.1. The summed E-state index contributed by atoms with van der Waals surface area (Å²) in [5.41, 5.74) is 2.79. The van der Waals surface area contributed by atoms with Crippen LogP contribution in [0.2, 0.25) is 0 Å². The summed E-state index contributed by atoms with van der Waals surface area (Å²) in [4.78, 5) is 11.1. The fourth-order valence-electron chi connectivity index (χ4n) is 3.86. The summed E-state index contributed by atoms with van der Waals surface area (Å²) in [6, 6.07) is 7.26. The zero-order valence-corrected chi connectivity index (χ0v) is 17.9. The average Bonchev–Trinajstić information content (AvgIpc) is 2.96. The Balaban J connectivity index is 2.04. The van der Waals surface area contributed by atoms with Crippen LogP contribution < -0.4 is 4.57 Å². The molecule has 4 nitrogen and oxygen atoms in total. The maximum absolute atomic E-state index is 11.1. The van der Waals surface area contributed by atoms with Crippen molar-refractivity contribution in [3.8, 4) is 0 Å². The van der Waals surface area contributed by atoms with Crippen molar-refractivity contribution in [2.45, 2.75) is 91.6 Å². The Labute approximate surface area is 170 Å². The van der Waals surface area contributed by atoms with Crippen molar-refractivity contribution in [1.29, 1.82) is 0 Å². The number of rotatable bonds is 13. The molecule has 0 atom stereocenters. The molecule has 1 heterocycles. The van der Waals surface area contributed by atoms with Crippen LogP contribution in [0.5, 0.6) is 0 Å². The smallest absolute Gasteiger partial charge is 0.335 e. The largest absolute Gasteiger partial charge is 0.478 e. The Hall–Kier alpha value is -2.10. The number of carbonyl (C=O) groups is 1. The van der Waals surface area contributed by atoms with Gasteiger partial charge in [0.15, 0.2) is 0 Å². The number of aromatic carboxylic acids is 1. The van der Waals surface area contributed by atoms with E-state index in [-0.39, 0.29) is 0 Å². The molecule has 1 aromatic carbocycles. The van der Waals surface area contributed by atoms with Gasteiger partial charge in [-0.25, -0.2) is 13.9 Å². The minimum atomic E-state index is -0.872. The monoisotopic (exact) mass is 385 g/mol. The van der Waals surface area contributed by atoms with E-state index in [1.165, 1.54) is 56.5 Å². The Morgan fingerprint density at radius 3 is 2.21 bits per heavy atom. The summed E-state index contributed by atoms with van der Waals surface area (Å²) in [5.74, 6) is 0.527. The van der Waals surface area contributed by atoms with E-state index < -0.39 is 5.97 Å². The third-order valence-electron chi connectivity index (χ3n) is 5.42. The van der Waals surface area contributed by atoms with Crippen LogP contribution in [-0.2, 0) is 19.5 Å². The van der Waals surface area contributed by atoms with Crippen molar-refractivity contribution in [3.63, 3.8) is 0 Å². The highest BCUT2D eigenvalue weighted by Gasteiger charge is 2.20. The predicted octanol–water partition coefficient (Wildman–Crippen LogP) is 5.53. The molecule has 28 heavy (non-hydrogen) atoms. The molecule has 0 bridgehead atoms. The molecule has 0 radical (unpaired) electrons. The molecule has 1 aromatic heterocycles. The molecular weight excluding hydrogens is 348 g/mol. The summed E-state index contributed by atoms with van der Waals surface area (Å²) >= 11 is 0. The molecule has 0 unspecified atom stereocenters. The van der Waals surface area contributed by atoms with E-state index in [2.05, 4.69) is 36.1 Å². The van der Waals surface area contributed by atoms with Crippen LogP contribution >= 0.6 is 0 Å². The molecule has 0 fully saturated rings. The molecule has 0 aliphatic rings. The van der Waals surface area contributed by atoms with Crippen molar-refractivity contribution in [2.75, 3.05) is 0 Å². The average molecular weight is 386 g/mol. The lowest BCUT2D eigenvalue weighted by Crippen LogP contribution is -2.38. The lowest BCUT2D eigenvalue weighted by Gasteiger charge is -2.06. The van der Waals surface area contributed by atoms with Gasteiger partial charge in [0.05, 0.1) is 12.1 Å². The van der Waals surface area contributed by atoms with Crippen molar-refractivity contribution < 1.29 is 14.5 Å². The number of aromatic nitrogens is 2. The number of hydrogen-bond donors (Lipinski definition) is 1. The third-order valence-corrected chi connectivity index (χ3v) is 5.42. The summed E-state index contributed by atoms with van der Waals surface area (Å²) < 4.78 is 4.82. The number of carboxylic acids is 1. The van der Waals surface area contributed by atoms with Crippen LogP contribution in [0.1, 0.15) is 92.7 Å². The van der Waals surface area contributed by atoms with Gasteiger partial charge in [0.25, 0.3) is 5.82 Å². The second-order valence-corrected chi connectivity index (χ2v) is 7.84. The van der Waals surface area contributed by atoms with E-state index in [4.69, 9.17) is 5.11 Å². The highest BCUT2D eigenvalue weighted by Crippen LogP contribution is 2.13. The zero-order valence-electron chi connectivity index (χ0n) is 17.9. The summed E-state index contributed by atoms with van der Waals surface area (Å²) in [5, 5.41) is 9.09. The number of carboxylic acid groups (broad SMARTS) is 1. The summed E-state index contributed by atoms with van der Waals surface area (Å²) in [7, 11) is 0. The van der Waals surface area contributed by atoms with E-state index in [0.29, 0.717) is 5.56 Å². The molecule has 1 N–H and O–H groups in total. The SMILES string of the molecule is CCCCCCCCCc1n(CCC)c(C)c[n+]1Cc1ccc(C(=O)O)cc1. The number of unbranched alkanes of at least 4 members (excludes halogenated alkanes) is 6. The molecule has 0 aliphatic heterocycles. The zero-order chi connectivity index (χ0) is 20.4. The molecular formula is C24H37N2O2+. The molecule has 0 spiro atoms. The van der Waals surface area contributed by atoms with Gasteiger partial charge in [-0.05, 0) is 30.5 Å². The van der Waals surface area contributed by atoms with Crippen molar-refractivity contribution in [2.24, 2.45) is 0 Å². The Kier molecular flexibility index (Phi) is 9.26. The van der Waals surface area contributed by atoms with E-state index >= 15 is 0 Å². The molecule has 0 amide bonds. The Bertz CT molecular complexity index is 732. The van der Waals surface area contributed by atoms with Crippen LogP contribution in [0.25, 0.3) is 0 Å². The highest BCUT2D eigenvalue weighted by molar-refractivity contribution is 5.87. The predicted molar refractivity (Wildman–Crippen MR) is 114 cm³/mol. The van der Waals surface area contributed by atoms with Gasteiger partial charge in [-0.15, -0.1) is 0 Å². The van der Waals surface area contributed by atoms with Gasteiger partial charge in [0.1, 0.15) is 18.4 Å². The molecule has 154 valence electrons. The Morgan fingerprint density at radius 2 is 1.61 bits per heavy atom. The van der Waals surface area contributed by atoms with Crippen LogP contribution in [0.3, 0.4) is 0 Å². The first kappa shape index (κ1) is 22.2. The first-order valence-electron chi connectivity index (χ1n) is 11.0. The first-order chi connectivity index (χ1) is 13.6. The van der Waals surface area contributed by atoms with E-state index in [0.717, 1.165) is 31.5 Å². The quantitative estimate of drug-likeness (QED) is 0.364. The standard InChI is InChI=1S/C24H36N2O2/c1-4-6-7-8-9-10-11-12-23-25(18-20(3)26(23)17-5-2)19-21-13-15-22(16-14-21)24(27)28/h13-16,18H,4-12,17,19H2,1-3H3/p+1. The van der Waals surface area contributed by atoms with E-state index in [1.54, 1.807) is 12.1 Å². The fourth-order valence-corrected chi connectivity index (χ4v) is 3.86. The molecule has 0 aliphatic carbocycles. The fraction of sp³-hybridized carbons (Fsp3) is 0.583. The van der Waals surface area contributed by atoms with Crippen molar-refractivity contribution >= 4 is 5.97 Å². The second-order valence-electron chi connectivity index (χ2n) is 7.84. The maximum Gasteiger partial charge on any atom is 0.335 e. The lowest BCUT2D eigenvalue weighted by atomic mass is 10.1. The molecule has 0 saturated heterocycles. The lowest BCUT2D eigenvalue weighted by molar-refractivity contribution is -0.695. The third kappa shape index (κ3) is 6.50. The van der Waals surface area contributed by atoms with Crippen LogP contribution in [0, 0.1) is 6.92 Å². The van der Waals surface area contributed by atoms with Crippen LogP contribution in [0.4, 0.5) is 0 Å². The minimum absolute atomic E-state index is 0.344. The number of hydrogen-bond acceptors (Lipinski definition) is 1. The molecule has 2 aromatic rings. The van der Waals surface area contributed by atoms with Gasteiger partial charge in [0.2, 0.25) is 0 Å². The van der Waals surface area contributed by atoms with Gasteiger partial charge in [0, 0.05) is 13.3 Å². The molecule has 0 saturated carbocycles. The van der Waals surface area contributed by atoms with Gasteiger partial charge in [-0.1, -0.05) is 64.5 Å². The number of benzene rings is 1. The number of aryl methyl sites for hydroxylation is 1. The van der Waals surface area contributed by atoms with Gasteiger partial charge in [-0.2, -0.15) is 0 Å². The summed E-state index contributed by atoms with van der Waals surface area (Å²) in [6.45, 7) is 8.53. The number of nitrogens with zero attached hydrogens (tertiary/aromatic N) is 2. The van der Waals surface area contributed by atoms with Gasteiger partial charge < -0.3 is 5.11 Å². The molecule has 2 rings (SSSR count). The minimum Gasteiger partial charge on any atom is -0.478 e. The second kappa shape index (κ2) is 11.7. The molecule has 4 heteroatoms. The van der Waals surface area contributed by atoms with Gasteiger partial charge in [-0.3, -0.25) is 0 Å². The topological polar surface area (TPSA) is 46.1 Å². The van der Waals surface area contributed by atoms with Crippen LogP contribution in [-0.4, -0.2) is 15.6 Å². The van der Waals surface area contributed by atoms with E-state index in [9.17, 15) is 4.79 Å². The van der Waals surface area contributed by atoms with E-state index in [1.807, 2.05) is 12.1 Å². The summed E-state index contributed by atoms with van der Waals surface area (Å²) in [6.07, 6.45) is 13.7. The first-order valence-corrected chi connectivity index (χ1v) is 11.0. The maximum atomic E-state index is 11.1. The Morgan fingerprint density at radius 1 is 0.964 bits per heavy atom. The highest BCUT2D eigenvalue weighted by atomic mass is 16.4. The van der Waals surface area contributed by atoms with Crippen molar-refractivity contribution in [1.82, 2.24) is 4.57 Å².